The molecule has 0 bridgehead atoms. The van der Waals surface area contributed by atoms with Gasteiger partial charge in [0.1, 0.15) is 11.9 Å². The van der Waals surface area contributed by atoms with Gasteiger partial charge in [-0.15, -0.1) is 0 Å². The summed E-state index contributed by atoms with van der Waals surface area (Å²) in [6.07, 6.45) is 6.53. The van der Waals surface area contributed by atoms with Crippen molar-refractivity contribution in [3.63, 3.8) is 0 Å². The number of fused-ring (bicyclic) bond motifs is 1. The Labute approximate surface area is 141 Å². The Bertz CT molecular complexity index is 801. The van der Waals surface area contributed by atoms with Crippen molar-refractivity contribution in [2.45, 2.75) is 12.5 Å². The first-order valence-electron chi connectivity index (χ1n) is 7.16. The van der Waals surface area contributed by atoms with E-state index < -0.39 is 0 Å². The van der Waals surface area contributed by atoms with Crippen LogP contribution < -0.4 is 5.32 Å². The molecular formula is C16H16FN3OS2. The number of nitrogens with one attached hydrogen (secondary N) is 1. The largest absolute Gasteiger partial charge is 0.342 e. The van der Waals surface area contributed by atoms with Crippen LogP contribution in [0.1, 0.15) is 12.5 Å². The molecule has 0 unspecified atom stereocenters. The summed E-state index contributed by atoms with van der Waals surface area (Å²) in [5.74, 6) is 0.486. The third-order valence-corrected chi connectivity index (χ3v) is 5.04. The minimum absolute atomic E-state index is 0.102. The zero-order valence-electron chi connectivity index (χ0n) is 12.5. The molecule has 2 heterocycles. The van der Waals surface area contributed by atoms with E-state index in [0.717, 1.165) is 16.9 Å². The Hall–Kier alpha value is -1.86. The molecule has 4 nitrogen and oxygen atoms in total. The van der Waals surface area contributed by atoms with E-state index in [1.165, 1.54) is 23.5 Å². The molecule has 0 radical (unpaired) electrons. The van der Waals surface area contributed by atoms with Crippen LogP contribution in [0.5, 0.6) is 0 Å². The van der Waals surface area contributed by atoms with E-state index >= 15 is 0 Å². The van der Waals surface area contributed by atoms with Gasteiger partial charge in [0.05, 0.1) is 10.2 Å². The number of thiazole rings is 1. The van der Waals surface area contributed by atoms with Crippen molar-refractivity contribution in [2.24, 2.45) is 0 Å². The maximum atomic E-state index is 13.2. The zero-order chi connectivity index (χ0) is 16.2. The summed E-state index contributed by atoms with van der Waals surface area (Å²) >= 11 is 2.99. The van der Waals surface area contributed by atoms with Gasteiger partial charge >= 0.3 is 0 Å². The van der Waals surface area contributed by atoms with E-state index in [1.54, 1.807) is 17.8 Å². The Morgan fingerprint density at radius 2 is 2.22 bits per heavy atom. The van der Waals surface area contributed by atoms with Crippen molar-refractivity contribution in [3.8, 4) is 0 Å². The number of carbonyl (C=O) groups is 1. The summed E-state index contributed by atoms with van der Waals surface area (Å²) in [6, 6.07) is 7.95. The highest BCUT2D eigenvalue weighted by molar-refractivity contribution is 7.98. The molecule has 0 aliphatic heterocycles. The van der Waals surface area contributed by atoms with E-state index in [2.05, 4.69) is 10.3 Å². The number of thioether (sulfide) groups is 1. The van der Waals surface area contributed by atoms with Crippen LogP contribution in [0.15, 0.2) is 42.7 Å². The van der Waals surface area contributed by atoms with Crippen LogP contribution in [0.4, 0.5) is 9.52 Å². The number of hydrogen-bond donors (Lipinski definition) is 1. The predicted octanol–water partition coefficient (Wildman–Crippen LogP) is 4.17. The van der Waals surface area contributed by atoms with E-state index in [9.17, 15) is 9.18 Å². The topological polar surface area (TPSA) is 46.9 Å². The van der Waals surface area contributed by atoms with E-state index in [0.29, 0.717) is 10.6 Å². The Morgan fingerprint density at radius 3 is 2.96 bits per heavy atom. The number of benzene rings is 1. The molecule has 1 N–H and O–H groups in total. The van der Waals surface area contributed by atoms with Crippen LogP contribution in [0.25, 0.3) is 10.2 Å². The van der Waals surface area contributed by atoms with Gasteiger partial charge in [0.2, 0.25) is 5.91 Å². The first-order valence-corrected chi connectivity index (χ1v) is 9.37. The quantitative estimate of drug-likeness (QED) is 0.726. The lowest BCUT2D eigenvalue weighted by Gasteiger charge is -2.17. The number of nitrogens with zero attached hydrogens (tertiary/aromatic N) is 2. The zero-order valence-corrected chi connectivity index (χ0v) is 14.2. The molecule has 23 heavy (non-hydrogen) atoms. The van der Waals surface area contributed by atoms with Gasteiger partial charge in [0.25, 0.3) is 0 Å². The van der Waals surface area contributed by atoms with Crippen LogP contribution in [-0.2, 0) is 4.79 Å². The SMILES string of the molecule is CSCC[C@H](C(=O)Nc1nc2ccc(F)cc2s1)n1cccc1. The molecule has 0 saturated carbocycles. The summed E-state index contributed by atoms with van der Waals surface area (Å²) in [7, 11) is 0. The molecule has 1 amide bonds. The van der Waals surface area contributed by atoms with Crippen molar-refractivity contribution in [3.05, 3.63) is 48.5 Å². The Balaban J connectivity index is 1.79. The molecule has 3 aromatic rings. The van der Waals surface area contributed by atoms with Gasteiger partial charge in [0, 0.05) is 12.4 Å². The average Bonchev–Trinajstić information content (AvgIpc) is 3.16. The Morgan fingerprint density at radius 1 is 1.43 bits per heavy atom. The second-order valence-corrected chi connectivity index (χ2v) is 7.06. The highest BCUT2D eigenvalue weighted by Crippen LogP contribution is 2.27. The van der Waals surface area contributed by atoms with Crippen LogP contribution >= 0.6 is 23.1 Å². The van der Waals surface area contributed by atoms with Gasteiger partial charge in [-0.1, -0.05) is 11.3 Å². The molecule has 3 rings (SSSR count). The molecule has 0 spiro atoms. The predicted molar refractivity (Wildman–Crippen MR) is 94.7 cm³/mol. The maximum Gasteiger partial charge on any atom is 0.249 e. The summed E-state index contributed by atoms with van der Waals surface area (Å²) in [4.78, 5) is 17.0. The van der Waals surface area contributed by atoms with Crippen molar-refractivity contribution >= 4 is 44.4 Å². The van der Waals surface area contributed by atoms with Gasteiger partial charge in [-0.25, -0.2) is 9.37 Å². The summed E-state index contributed by atoms with van der Waals surface area (Å²) in [5, 5.41) is 3.36. The average molecular weight is 349 g/mol. The fraction of sp³-hybridized carbons (Fsp3) is 0.250. The normalized spacial score (nSPS) is 12.4. The van der Waals surface area contributed by atoms with Gasteiger partial charge in [-0.3, -0.25) is 4.79 Å². The number of amides is 1. The molecule has 2 aromatic heterocycles. The lowest BCUT2D eigenvalue weighted by molar-refractivity contribution is -0.119. The molecular weight excluding hydrogens is 333 g/mol. The molecule has 7 heteroatoms. The fourth-order valence-corrected chi connectivity index (χ4v) is 3.69. The molecule has 0 aliphatic carbocycles. The third kappa shape index (κ3) is 3.73. The van der Waals surface area contributed by atoms with Crippen LogP contribution in [0, 0.1) is 5.82 Å². The lowest BCUT2D eigenvalue weighted by Crippen LogP contribution is -2.25. The monoisotopic (exact) mass is 349 g/mol. The fourth-order valence-electron chi connectivity index (χ4n) is 2.34. The molecule has 0 aliphatic rings. The van der Waals surface area contributed by atoms with Gasteiger partial charge < -0.3 is 9.88 Å². The third-order valence-electron chi connectivity index (χ3n) is 3.47. The molecule has 1 atom stereocenters. The number of halogens is 1. The number of rotatable bonds is 6. The highest BCUT2D eigenvalue weighted by atomic mass is 32.2. The van der Waals surface area contributed by atoms with Crippen LogP contribution in [0.3, 0.4) is 0 Å². The summed E-state index contributed by atoms with van der Waals surface area (Å²) in [6.45, 7) is 0. The second-order valence-electron chi connectivity index (χ2n) is 5.05. The molecule has 0 fully saturated rings. The van der Waals surface area contributed by atoms with E-state index in [1.807, 2.05) is 35.3 Å². The Kier molecular flexibility index (Phi) is 4.97. The van der Waals surface area contributed by atoms with Crippen molar-refractivity contribution in [1.82, 2.24) is 9.55 Å². The number of carbonyl (C=O) groups excluding carboxylic acids is 1. The minimum Gasteiger partial charge on any atom is -0.342 e. The molecule has 120 valence electrons. The number of anilines is 1. The number of aromatic nitrogens is 2. The summed E-state index contributed by atoms with van der Waals surface area (Å²) < 4.78 is 15.9. The van der Waals surface area contributed by atoms with Gasteiger partial charge in [0.15, 0.2) is 5.13 Å². The van der Waals surface area contributed by atoms with E-state index in [4.69, 9.17) is 0 Å². The van der Waals surface area contributed by atoms with Crippen LogP contribution in [0.2, 0.25) is 0 Å². The summed E-state index contributed by atoms with van der Waals surface area (Å²) in [5.41, 5.74) is 0.688. The standard InChI is InChI=1S/C16H16FN3OS2/c1-22-9-6-13(20-7-2-3-8-20)15(21)19-16-18-12-5-4-11(17)10-14(12)23-16/h2-5,7-8,10,13H,6,9H2,1H3,(H,18,19,21)/t13-/m1/s1. The smallest absolute Gasteiger partial charge is 0.249 e. The van der Waals surface area contributed by atoms with Crippen molar-refractivity contribution in [1.29, 1.82) is 0 Å². The van der Waals surface area contributed by atoms with Crippen molar-refractivity contribution in [2.75, 3.05) is 17.3 Å². The highest BCUT2D eigenvalue weighted by Gasteiger charge is 2.20. The van der Waals surface area contributed by atoms with Gasteiger partial charge in [-0.2, -0.15) is 11.8 Å². The van der Waals surface area contributed by atoms with E-state index in [-0.39, 0.29) is 17.8 Å². The lowest BCUT2D eigenvalue weighted by atomic mass is 10.2. The minimum atomic E-state index is -0.302. The second kappa shape index (κ2) is 7.14. The first kappa shape index (κ1) is 16.0. The van der Waals surface area contributed by atoms with Gasteiger partial charge in [-0.05, 0) is 48.8 Å². The maximum absolute atomic E-state index is 13.2. The molecule has 0 saturated heterocycles. The number of hydrogen-bond acceptors (Lipinski definition) is 4. The van der Waals surface area contributed by atoms with Crippen LogP contribution in [-0.4, -0.2) is 27.5 Å². The molecule has 1 aromatic carbocycles. The van der Waals surface area contributed by atoms with Crippen molar-refractivity contribution < 1.29 is 9.18 Å². The first-order chi connectivity index (χ1) is 11.2.